The molecule has 0 spiro atoms. The Hall–Kier alpha value is -2.63. The third-order valence-corrected chi connectivity index (χ3v) is 7.04. The van der Waals surface area contributed by atoms with Crippen LogP contribution in [-0.4, -0.2) is 84.8 Å². The summed E-state index contributed by atoms with van der Waals surface area (Å²) in [4.78, 5) is 30.7. The second-order valence-electron chi connectivity index (χ2n) is 8.73. The molecule has 32 heavy (non-hydrogen) atoms. The van der Waals surface area contributed by atoms with Crippen LogP contribution >= 0.6 is 0 Å². The maximum Gasteiger partial charge on any atom is 0.320 e. The van der Waals surface area contributed by atoms with Crippen molar-refractivity contribution in [1.29, 1.82) is 5.26 Å². The van der Waals surface area contributed by atoms with E-state index in [0.29, 0.717) is 12.2 Å². The van der Waals surface area contributed by atoms with Gasteiger partial charge < -0.3 is 14.7 Å². The van der Waals surface area contributed by atoms with E-state index in [1.165, 1.54) is 0 Å². The van der Waals surface area contributed by atoms with E-state index < -0.39 is 11.9 Å². The molecule has 1 aromatic carbocycles. The molecular formula is C24H34N4O4. The SMILES string of the molecule is CCOC(=O)CN1CCC(N2CCN(c3ccccc3C#N)CC2)C(C(C)C(=O)O)C1C. The number of ether oxygens (including phenoxy) is 1. The van der Waals surface area contributed by atoms with Crippen molar-refractivity contribution in [3.05, 3.63) is 29.8 Å². The Morgan fingerprint density at radius 2 is 1.91 bits per heavy atom. The molecule has 0 amide bonds. The third kappa shape index (κ3) is 5.22. The highest BCUT2D eigenvalue weighted by atomic mass is 16.5. The van der Waals surface area contributed by atoms with Gasteiger partial charge in [-0.2, -0.15) is 5.26 Å². The van der Waals surface area contributed by atoms with E-state index in [1.807, 2.05) is 31.2 Å². The monoisotopic (exact) mass is 442 g/mol. The van der Waals surface area contributed by atoms with Gasteiger partial charge in [0.05, 0.1) is 30.3 Å². The molecule has 2 heterocycles. The predicted octanol–water partition coefficient (Wildman–Crippen LogP) is 2.04. The third-order valence-electron chi connectivity index (χ3n) is 7.04. The van der Waals surface area contributed by atoms with Gasteiger partial charge in [0, 0.05) is 50.7 Å². The summed E-state index contributed by atoms with van der Waals surface area (Å²) in [6.45, 7) is 10.1. The molecule has 3 rings (SSSR count). The van der Waals surface area contributed by atoms with Crippen LogP contribution in [0.2, 0.25) is 0 Å². The quantitative estimate of drug-likeness (QED) is 0.641. The molecule has 1 N–H and O–H groups in total. The number of nitriles is 1. The van der Waals surface area contributed by atoms with Gasteiger partial charge in [0.25, 0.3) is 0 Å². The first-order valence-corrected chi connectivity index (χ1v) is 11.5. The van der Waals surface area contributed by atoms with Crippen molar-refractivity contribution in [1.82, 2.24) is 9.80 Å². The number of carboxylic acids is 1. The zero-order chi connectivity index (χ0) is 23.3. The zero-order valence-corrected chi connectivity index (χ0v) is 19.2. The highest BCUT2D eigenvalue weighted by molar-refractivity contribution is 5.72. The van der Waals surface area contributed by atoms with Gasteiger partial charge >= 0.3 is 11.9 Å². The number of carbonyl (C=O) groups excluding carboxylic acids is 1. The fraction of sp³-hybridized carbons (Fsp3) is 0.625. The van der Waals surface area contributed by atoms with Crippen LogP contribution in [0.1, 0.15) is 32.8 Å². The Kier molecular flexibility index (Phi) is 8.10. The lowest BCUT2D eigenvalue weighted by atomic mass is 9.76. The first-order chi connectivity index (χ1) is 15.4. The van der Waals surface area contributed by atoms with E-state index in [0.717, 1.165) is 44.8 Å². The smallest absolute Gasteiger partial charge is 0.320 e. The lowest BCUT2D eigenvalue weighted by molar-refractivity contribution is -0.149. The van der Waals surface area contributed by atoms with Crippen molar-refractivity contribution >= 4 is 17.6 Å². The number of piperidine rings is 1. The highest BCUT2D eigenvalue weighted by Crippen LogP contribution is 2.34. The van der Waals surface area contributed by atoms with Gasteiger partial charge in [-0.3, -0.25) is 19.4 Å². The molecule has 8 heteroatoms. The van der Waals surface area contributed by atoms with Crippen molar-refractivity contribution in [2.45, 2.75) is 39.3 Å². The molecule has 2 fully saturated rings. The van der Waals surface area contributed by atoms with Crippen molar-refractivity contribution in [3.8, 4) is 6.07 Å². The molecule has 2 aliphatic heterocycles. The zero-order valence-electron chi connectivity index (χ0n) is 19.2. The molecule has 174 valence electrons. The number of anilines is 1. The topological polar surface area (TPSA) is 97.1 Å². The van der Waals surface area contributed by atoms with Crippen molar-refractivity contribution < 1.29 is 19.4 Å². The summed E-state index contributed by atoms with van der Waals surface area (Å²) in [7, 11) is 0. The maximum atomic E-state index is 12.1. The van der Waals surface area contributed by atoms with Gasteiger partial charge in [-0.05, 0) is 32.4 Å². The Labute approximate surface area is 190 Å². The minimum Gasteiger partial charge on any atom is -0.481 e. The molecule has 0 radical (unpaired) electrons. The molecule has 0 saturated carbocycles. The number of esters is 1. The van der Waals surface area contributed by atoms with Crippen LogP contribution in [0.3, 0.4) is 0 Å². The summed E-state index contributed by atoms with van der Waals surface area (Å²) in [5.74, 6) is -1.67. The largest absolute Gasteiger partial charge is 0.481 e. The first kappa shape index (κ1) is 24.0. The number of nitrogens with zero attached hydrogens (tertiary/aromatic N) is 4. The summed E-state index contributed by atoms with van der Waals surface area (Å²) in [5.41, 5.74) is 1.64. The molecule has 4 atom stereocenters. The van der Waals surface area contributed by atoms with Crippen molar-refractivity contribution in [3.63, 3.8) is 0 Å². The second kappa shape index (κ2) is 10.8. The van der Waals surface area contributed by atoms with Gasteiger partial charge in [0.2, 0.25) is 0 Å². The van der Waals surface area contributed by atoms with Crippen LogP contribution in [0, 0.1) is 23.2 Å². The molecule has 8 nitrogen and oxygen atoms in total. The average Bonchev–Trinajstić information content (AvgIpc) is 2.80. The number of rotatable bonds is 7. The molecule has 2 aliphatic rings. The Morgan fingerprint density at radius 3 is 2.53 bits per heavy atom. The fourth-order valence-corrected chi connectivity index (χ4v) is 5.33. The summed E-state index contributed by atoms with van der Waals surface area (Å²) >= 11 is 0. The Balaban J connectivity index is 1.71. The van der Waals surface area contributed by atoms with E-state index in [1.54, 1.807) is 13.8 Å². The summed E-state index contributed by atoms with van der Waals surface area (Å²) in [6.07, 6.45) is 0.820. The van der Waals surface area contributed by atoms with E-state index in [-0.39, 0.29) is 30.5 Å². The molecule has 0 aliphatic carbocycles. The minimum atomic E-state index is -0.800. The maximum absolute atomic E-state index is 12.1. The van der Waals surface area contributed by atoms with E-state index in [2.05, 4.69) is 20.8 Å². The average molecular weight is 443 g/mol. The van der Waals surface area contributed by atoms with Crippen molar-refractivity contribution in [2.75, 3.05) is 50.8 Å². The fourth-order valence-electron chi connectivity index (χ4n) is 5.33. The Bertz CT molecular complexity index is 847. The number of para-hydroxylation sites is 1. The lowest BCUT2D eigenvalue weighted by Crippen LogP contribution is -2.62. The predicted molar refractivity (Wildman–Crippen MR) is 121 cm³/mol. The van der Waals surface area contributed by atoms with Crippen LogP contribution in [-0.2, 0) is 14.3 Å². The molecule has 1 aromatic rings. The Morgan fingerprint density at radius 1 is 1.22 bits per heavy atom. The van der Waals surface area contributed by atoms with Crippen LogP contribution in [0.5, 0.6) is 0 Å². The minimum absolute atomic E-state index is 0.0402. The molecule has 0 bridgehead atoms. The summed E-state index contributed by atoms with van der Waals surface area (Å²) < 4.78 is 5.12. The number of hydrogen-bond donors (Lipinski definition) is 1. The van der Waals surface area contributed by atoms with Gasteiger partial charge in [-0.1, -0.05) is 19.1 Å². The summed E-state index contributed by atoms with van der Waals surface area (Å²) in [5, 5.41) is 19.2. The van der Waals surface area contributed by atoms with Crippen LogP contribution in [0.4, 0.5) is 5.69 Å². The number of carboxylic acid groups (broad SMARTS) is 1. The number of hydrogen-bond acceptors (Lipinski definition) is 7. The normalized spacial score (nSPS) is 25.7. The van der Waals surface area contributed by atoms with Gasteiger partial charge in [-0.25, -0.2) is 0 Å². The van der Waals surface area contributed by atoms with Gasteiger partial charge in [0.15, 0.2) is 0 Å². The second-order valence-corrected chi connectivity index (χ2v) is 8.73. The molecular weight excluding hydrogens is 408 g/mol. The molecule has 0 aromatic heterocycles. The highest BCUT2D eigenvalue weighted by Gasteiger charge is 2.44. The number of likely N-dealkylation sites (tertiary alicyclic amines) is 1. The number of aliphatic carboxylic acids is 1. The van der Waals surface area contributed by atoms with Crippen LogP contribution in [0.15, 0.2) is 24.3 Å². The standard InChI is InChI=1S/C24H34N4O4/c1-4-32-22(29)16-28-10-9-21(23(18(28)3)17(2)24(30)31)27-13-11-26(12-14-27)20-8-6-5-7-19(20)15-25/h5-8,17-18,21,23H,4,9-14,16H2,1-3H3,(H,30,31). The van der Waals surface area contributed by atoms with Crippen LogP contribution in [0.25, 0.3) is 0 Å². The van der Waals surface area contributed by atoms with Gasteiger partial charge in [0.1, 0.15) is 6.07 Å². The van der Waals surface area contributed by atoms with E-state index in [9.17, 15) is 20.0 Å². The molecule has 4 unspecified atom stereocenters. The van der Waals surface area contributed by atoms with Gasteiger partial charge in [-0.15, -0.1) is 0 Å². The summed E-state index contributed by atoms with van der Waals surface area (Å²) in [6, 6.07) is 10.0. The number of piperazine rings is 1. The number of benzene rings is 1. The van der Waals surface area contributed by atoms with E-state index >= 15 is 0 Å². The molecule has 2 saturated heterocycles. The van der Waals surface area contributed by atoms with Crippen molar-refractivity contribution in [2.24, 2.45) is 11.8 Å². The number of carbonyl (C=O) groups is 2. The lowest BCUT2D eigenvalue weighted by Gasteiger charge is -2.51. The first-order valence-electron chi connectivity index (χ1n) is 11.5. The van der Waals surface area contributed by atoms with Crippen LogP contribution < -0.4 is 4.90 Å². The van der Waals surface area contributed by atoms with E-state index in [4.69, 9.17) is 4.74 Å².